The van der Waals surface area contributed by atoms with E-state index in [9.17, 15) is 4.79 Å². The highest BCUT2D eigenvalue weighted by Gasteiger charge is 2.18. The van der Waals surface area contributed by atoms with Gasteiger partial charge in [-0.2, -0.15) is 0 Å². The normalized spacial score (nSPS) is 11.1. The minimum atomic E-state index is -0.239. The lowest BCUT2D eigenvalue weighted by molar-refractivity contribution is -0.121. The van der Waals surface area contributed by atoms with Crippen LogP contribution in [0.3, 0.4) is 0 Å². The summed E-state index contributed by atoms with van der Waals surface area (Å²) >= 11 is 5.34. The maximum Gasteiger partial charge on any atom is 0.264 e. The Morgan fingerprint density at radius 1 is 1.17 bits per heavy atom. The number of carbonyl (C=O) groups excluding carboxylic acids is 1. The van der Waals surface area contributed by atoms with Crippen LogP contribution in [-0.2, 0) is 4.79 Å². The summed E-state index contributed by atoms with van der Waals surface area (Å²) < 4.78 is 5.59. The molecule has 0 aliphatic heterocycles. The summed E-state index contributed by atoms with van der Waals surface area (Å²) in [5.41, 5.74) is 2.46. The van der Waals surface area contributed by atoms with Gasteiger partial charge in [-0.1, -0.05) is 19.9 Å². The summed E-state index contributed by atoms with van der Waals surface area (Å²) in [6.07, 6.45) is 0. The Labute approximate surface area is 151 Å². The molecule has 0 unspecified atom stereocenters. The van der Waals surface area contributed by atoms with Crippen LogP contribution in [0, 0.1) is 6.92 Å². The Morgan fingerprint density at radius 3 is 2.21 bits per heavy atom. The number of thiocarbonyl (C=S) groups is 1. The molecule has 24 heavy (non-hydrogen) atoms. The number of nitrogens with one attached hydrogen (secondary N) is 1. The van der Waals surface area contributed by atoms with Crippen molar-refractivity contribution in [3.8, 4) is 5.75 Å². The number of ether oxygens (including phenoxy) is 1. The summed E-state index contributed by atoms with van der Waals surface area (Å²) in [7, 11) is 0. The van der Waals surface area contributed by atoms with Gasteiger partial charge in [0.1, 0.15) is 5.75 Å². The fraction of sp³-hybridized carbons (Fsp3) is 0.579. The van der Waals surface area contributed by atoms with E-state index in [1.807, 2.05) is 44.7 Å². The van der Waals surface area contributed by atoms with Crippen molar-refractivity contribution in [1.82, 2.24) is 10.2 Å². The zero-order chi connectivity index (χ0) is 18.4. The number of rotatable bonds is 6. The predicted octanol–water partition coefficient (Wildman–Crippen LogP) is 4.02. The van der Waals surface area contributed by atoms with Crippen LogP contribution >= 0.6 is 12.2 Å². The number of amides is 1. The second-order valence-electron chi connectivity index (χ2n) is 6.91. The molecule has 5 heteroatoms. The fourth-order valence-corrected chi connectivity index (χ4v) is 3.36. The van der Waals surface area contributed by atoms with E-state index in [0.717, 1.165) is 0 Å². The molecule has 0 aromatic heterocycles. The monoisotopic (exact) mass is 350 g/mol. The van der Waals surface area contributed by atoms with E-state index in [1.54, 1.807) is 0 Å². The van der Waals surface area contributed by atoms with Crippen LogP contribution < -0.4 is 10.1 Å². The Balaban J connectivity index is 2.60. The second kappa shape index (κ2) is 9.02. The van der Waals surface area contributed by atoms with Gasteiger partial charge in [0.2, 0.25) is 0 Å². The first-order valence-electron chi connectivity index (χ1n) is 8.49. The molecule has 0 aliphatic rings. The molecule has 1 rings (SSSR count). The van der Waals surface area contributed by atoms with Crippen LogP contribution in [0.25, 0.3) is 0 Å². The van der Waals surface area contributed by atoms with Gasteiger partial charge in [0.15, 0.2) is 11.7 Å². The van der Waals surface area contributed by atoms with Gasteiger partial charge in [0, 0.05) is 12.1 Å². The molecule has 1 aromatic rings. The molecular weight excluding hydrogens is 320 g/mol. The van der Waals surface area contributed by atoms with Crippen molar-refractivity contribution in [2.45, 2.75) is 66.5 Å². The highest BCUT2D eigenvalue weighted by Crippen LogP contribution is 2.23. The van der Waals surface area contributed by atoms with Gasteiger partial charge in [0.05, 0.1) is 0 Å². The maximum absolute atomic E-state index is 12.1. The first-order chi connectivity index (χ1) is 11.1. The van der Waals surface area contributed by atoms with Crippen LogP contribution in [0.2, 0.25) is 0 Å². The molecule has 0 bridgehead atoms. The van der Waals surface area contributed by atoms with Crippen molar-refractivity contribution in [3.63, 3.8) is 0 Å². The standard InChI is InChI=1S/C19H30N2O2S/c1-12(2)17-9-8-16(10-15(17)7)23-11-18(22)20-19(24)21(13(3)4)14(5)6/h8-10,12-14H,11H2,1-7H3,(H,20,22,24). The van der Waals surface area contributed by atoms with Gasteiger partial charge >= 0.3 is 0 Å². The van der Waals surface area contributed by atoms with Gasteiger partial charge < -0.3 is 15.0 Å². The first-order valence-corrected chi connectivity index (χ1v) is 8.89. The molecule has 0 spiro atoms. The van der Waals surface area contributed by atoms with Crippen LogP contribution in [0.15, 0.2) is 18.2 Å². The number of hydrogen-bond donors (Lipinski definition) is 1. The summed E-state index contributed by atoms with van der Waals surface area (Å²) in [5.74, 6) is 0.928. The Kier molecular flexibility index (Phi) is 7.67. The molecule has 1 N–H and O–H groups in total. The van der Waals surface area contributed by atoms with Crippen molar-refractivity contribution in [3.05, 3.63) is 29.3 Å². The summed E-state index contributed by atoms with van der Waals surface area (Å²) in [5, 5.41) is 3.19. The zero-order valence-electron chi connectivity index (χ0n) is 15.8. The van der Waals surface area contributed by atoms with E-state index < -0.39 is 0 Å². The first kappa shape index (κ1) is 20.4. The smallest absolute Gasteiger partial charge is 0.264 e. The van der Waals surface area contributed by atoms with Crippen LogP contribution in [0.5, 0.6) is 5.75 Å². The predicted molar refractivity (Wildman–Crippen MR) is 104 cm³/mol. The molecule has 4 nitrogen and oxygen atoms in total. The Hall–Kier alpha value is -1.62. The molecule has 0 radical (unpaired) electrons. The number of hydrogen-bond acceptors (Lipinski definition) is 3. The number of benzene rings is 1. The van der Waals surface area contributed by atoms with Crippen LogP contribution in [0.1, 0.15) is 58.6 Å². The average Bonchev–Trinajstić information content (AvgIpc) is 2.43. The van der Waals surface area contributed by atoms with E-state index in [4.69, 9.17) is 17.0 Å². The van der Waals surface area contributed by atoms with E-state index in [-0.39, 0.29) is 24.6 Å². The van der Waals surface area contributed by atoms with E-state index in [0.29, 0.717) is 16.8 Å². The van der Waals surface area contributed by atoms with Crippen LogP contribution in [-0.4, -0.2) is 34.6 Å². The molecule has 0 saturated heterocycles. The number of nitrogens with zero attached hydrogens (tertiary/aromatic N) is 1. The van der Waals surface area contributed by atoms with Crippen molar-refractivity contribution in [2.24, 2.45) is 0 Å². The maximum atomic E-state index is 12.1. The Bertz CT molecular complexity index is 575. The van der Waals surface area contributed by atoms with Gasteiger partial charge in [-0.05, 0) is 76.0 Å². The Morgan fingerprint density at radius 2 is 1.75 bits per heavy atom. The molecule has 0 atom stereocenters. The lowest BCUT2D eigenvalue weighted by Gasteiger charge is -2.32. The van der Waals surface area contributed by atoms with Crippen molar-refractivity contribution in [1.29, 1.82) is 0 Å². The summed E-state index contributed by atoms with van der Waals surface area (Å²) in [4.78, 5) is 14.1. The third-order valence-corrected chi connectivity index (χ3v) is 4.14. The molecule has 0 heterocycles. The second-order valence-corrected chi connectivity index (χ2v) is 7.30. The third kappa shape index (κ3) is 5.78. The highest BCUT2D eigenvalue weighted by molar-refractivity contribution is 7.80. The highest BCUT2D eigenvalue weighted by atomic mass is 32.1. The SMILES string of the molecule is Cc1cc(OCC(=O)NC(=S)N(C(C)C)C(C)C)ccc1C(C)C. The molecular formula is C19H30N2O2S. The average molecular weight is 351 g/mol. The van der Waals surface area contributed by atoms with Gasteiger partial charge in [0.25, 0.3) is 5.91 Å². The molecule has 0 aliphatic carbocycles. The number of carbonyl (C=O) groups is 1. The van der Waals surface area contributed by atoms with Gasteiger partial charge in [-0.25, -0.2) is 0 Å². The van der Waals surface area contributed by atoms with Crippen molar-refractivity contribution < 1.29 is 9.53 Å². The van der Waals surface area contributed by atoms with Crippen LogP contribution in [0.4, 0.5) is 0 Å². The van der Waals surface area contributed by atoms with Crippen molar-refractivity contribution in [2.75, 3.05) is 6.61 Å². The minimum Gasteiger partial charge on any atom is -0.484 e. The summed E-state index contributed by atoms with van der Waals surface area (Å²) in [6, 6.07) is 6.38. The zero-order valence-corrected chi connectivity index (χ0v) is 16.7. The quantitative estimate of drug-likeness (QED) is 0.787. The van der Waals surface area contributed by atoms with E-state index in [1.165, 1.54) is 11.1 Å². The molecule has 1 aromatic carbocycles. The largest absolute Gasteiger partial charge is 0.484 e. The molecule has 1 amide bonds. The topological polar surface area (TPSA) is 41.6 Å². The van der Waals surface area contributed by atoms with Crippen molar-refractivity contribution >= 4 is 23.2 Å². The molecule has 134 valence electrons. The summed E-state index contributed by atoms with van der Waals surface area (Å²) in [6.45, 7) is 14.5. The minimum absolute atomic E-state index is 0.0510. The molecule has 0 fully saturated rings. The van der Waals surface area contributed by atoms with E-state index in [2.05, 4.69) is 32.2 Å². The van der Waals surface area contributed by atoms with Gasteiger partial charge in [-0.15, -0.1) is 0 Å². The third-order valence-electron chi connectivity index (χ3n) is 3.83. The molecule has 0 saturated carbocycles. The lowest BCUT2D eigenvalue weighted by atomic mass is 9.98. The number of aryl methyl sites for hydroxylation is 1. The lowest BCUT2D eigenvalue weighted by Crippen LogP contribution is -2.50. The fourth-order valence-electron chi connectivity index (χ4n) is 2.82. The van der Waals surface area contributed by atoms with E-state index >= 15 is 0 Å². The van der Waals surface area contributed by atoms with Gasteiger partial charge in [-0.3, -0.25) is 4.79 Å².